The zero-order valence-electron chi connectivity index (χ0n) is 5.45. The number of piperidine rings is 1. The molecule has 0 radical (unpaired) electrons. The van der Waals surface area contributed by atoms with Crippen LogP contribution < -0.4 is 0 Å². The Hall–Kier alpha value is -0.450. The molecule has 4 heteroatoms. The summed E-state index contributed by atoms with van der Waals surface area (Å²) in [7, 11) is 0. The van der Waals surface area contributed by atoms with Gasteiger partial charge < -0.3 is 10.2 Å². The highest BCUT2D eigenvalue weighted by atomic mass is 16.5. The molecule has 2 rings (SSSR count). The van der Waals surface area contributed by atoms with E-state index in [2.05, 4.69) is 0 Å². The lowest BCUT2D eigenvalue weighted by Gasteiger charge is -2.26. The maximum Gasteiger partial charge on any atom is 0.288 e. The molecule has 0 aliphatic carbocycles. The van der Waals surface area contributed by atoms with Crippen LogP contribution in [-0.2, 0) is 4.79 Å². The van der Waals surface area contributed by atoms with Gasteiger partial charge in [-0.05, 0) is 6.42 Å². The zero-order chi connectivity index (χ0) is 7.35. The van der Waals surface area contributed by atoms with Crippen molar-refractivity contribution in [2.75, 3.05) is 13.1 Å². The Morgan fingerprint density at radius 1 is 1.60 bits per heavy atom. The van der Waals surface area contributed by atoms with Gasteiger partial charge in [0.05, 0.1) is 0 Å². The van der Waals surface area contributed by atoms with E-state index in [0.29, 0.717) is 13.1 Å². The highest BCUT2D eigenvalue weighted by molar-refractivity contribution is 5.90. The molecule has 0 aromatic carbocycles. The Kier molecular flexibility index (Phi) is 0.993. The molecule has 56 valence electrons. The van der Waals surface area contributed by atoms with Gasteiger partial charge in [-0.3, -0.25) is 4.79 Å². The number of nitrogens with zero attached hydrogens (tertiary/aromatic N) is 1. The van der Waals surface area contributed by atoms with E-state index in [0.717, 1.165) is 6.42 Å². The standard InChI is InChI=1S/C6H9NO3/c8-5-4-1-2-7(3-4)6(5,9)10/h4,9-10H,1-3H2. The van der Waals surface area contributed by atoms with Gasteiger partial charge in [0, 0.05) is 19.0 Å². The van der Waals surface area contributed by atoms with Gasteiger partial charge in [-0.1, -0.05) is 0 Å². The van der Waals surface area contributed by atoms with Gasteiger partial charge in [-0.15, -0.1) is 0 Å². The predicted molar refractivity (Wildman–Crippen MR) is 31.9 cm³/mol. The Balaban J connectivity index is 2.34. The van der Waals surface area contributed by atoms with E-state index in [-0.39, 0.29) is 5.92 Å². The van der Waals surface area contributed by atoms with Gasteiger partial charge >= 0.3 is 0 Å². The van der Waals surface area contributed by atoms with Crippen molar-refractivity contribution in [3.05, 3.63) is 0 Å². The second kappa shape index (κ2) is 1.58. The minimum absolute atomic E-state index is 0.130. The van der Waals surface area contributed by atoms with Gasteiger partial charge in [-0.2, -0.15) is 0 Å². The van der Waals surface area contributed by atoms with Crippen LogP contribution in [0.2, 0.25) is 0 Å². The summed E-state index contributed by atoms with van der Waals surface area (Å²) in [5.74, 6) is -2.70. The molecule has 0 aromatic heterocycles. The summed E-state index contributed by atoms with van der Waals surface area (Å²) < 4.78 is 0. The fourth-order valence-corrected chi connectivity index (χ4v) is 1.69. The van der Waals surface area contributed by atoms with Crippen molar-refractivity contribution in [3.8, 4) is 0 Å². The summed E-state index contributed by atoms with van der Waals surface area (Å²) in [6.07, 6.45) is 0.779. The lowest BCUT2D eigenvalue weighted by atomic mass is 10.0. The van der Waals surface area contributed by atoms with Crippen LogP contribution >= 0.6 is 0 Å². The minimum atomic E-state index is -2.14. The van der Waals surface area contributed by atoms with Gasteiger partial charge in [0.1, 0.15) is 0 Å². The molecule has 2 heterocycles. The maximum atomic E-state index is 10.9. The molecule has 0 spiro atoms. The fraction of sp³-hybridized carbons (Fsp3) is 0.833. The molecule has 2 fully saturated rings. The van der Waals surface area contributed by atoms with E-state index in [4.69, 9.17) is 10.2 Å². The fourth-order valence-electron chi connectivity index (χ4n) is 1.69. The number of carbonyl (C=O) groups is 1. The number of aliphatic hydroxyl groups is 2. The number of carbonyl (C=O) groups excluding carboxylic acids is 1. The third kappa shape index (κ3) is 0.537. The minimum Gasteiger partial charge on any atom is -0.347 e. The average Bonchev–Trinajstić information content (AvgIpc) is 2.37. The first-order chi connectivity index (χ1) is 4.62. The van der Waals surface area contributed by atoms with Crippen LogP contribution in [0.4, 0.5) is 0 Å². The van der Waals surface area contributed by atoms with E-state index < -0.39 is 11.7 Å². The Morgan fingerprint density at radius 2 is 2.30 bits per heavy atom. The van der Waals surface area contributed by atoms with Crippen molar-refractivity contribution >= 4 is 5.78 Å². The van der Waals surface area contributed by atoms with E-state index >= 15 is 0 Å². The normalized spacial score (nSPS) is 42.8. The number of hydrogen-bond acceptors (Lipinski definition) is 4. The van der Waals surface area contributed by atoms with E-state index in [1.54, 1.807) is 0 Å². The third-order valence-corrected chi connectivity index (χ3v) is 2.33. The average molecular weight is 143 g/mol. The molecule has 2 N–H and O–H groups in total. The molecule has 0 aromatic rings. The summed E-state index contributed by atoms with van der Waals surface area (Å²) in [5, 5.41) is 18.2. The summed E-state index contributed by atoms with van der Waals surface area (Å²) in [5.41, 5.74) is 0. The summed E-state index contributed by atoms with van der Waals surface area (Å²) >= 11 is 0. The molecular weight excluding hydrogens is 134 g/mol. The number of ketones is 1. The van der Waals surface area contributed by atoms with Crippen LogP contribution in [0.1, 0.15) is 6.42 Å². The van der Waals surface area contributed by atoms with Crippen LogP contribution in [0, 0.1) is 5.92 Å². The molecule has 2 unspecified atom stereocenters. The molecule has 2 saturated heterocycles. The highest BCUT2D eigenvalue weighted by Crippen LogP contribution is 2.33. The smallest absolute Gasteiger partial charge is 0.288 e. The van der Waals surface area contributed by atoms with Crippen LogP contribution in [0.15, 0.2) is 0 Å². The first kappa shape index (κ1) is 6.27. The molecular formula is C6H9NO3. The molecule has 2 bridgehead atoms. The monoisotopic (exact) mass is 143 g/mol. The van der Waals surface area contributed by atoms with Crippen LogP contribution in [0.3, 0.4) is 0 Å². The molecule has 2 atom stereocenters. The van der Waals surface area contributed by atoms with Gasteiger partial charge in [0.2, 0.25) is 5.78 Å². The highest BCUT2D eigenvalue weighted by Gasteiger charge is 2.55. The van der Waals surface area contributed by atoms with E-state index in [1.165, 1.54) is 4.90 Å². The summed E-state index contributed by atoms with van der Waals surface area (Å²) in [4.78, 5) is 12.3. The van der Waals surface area contributed by atoms with Crippen molar-refractivity contribution in [2.24, 2.45) is 5.92 Å². The second-order valence-electron chi connectivity index (χ2n) is 2.93. The van der Waals surface area contributed by atoms with Crippen molar-refractivity contribution < 1.29 is 15.0 Å². The van der Waals surface area contributed by atoms with Crippen LogP contribution in [-0.4, -0.2) is 39.9 Å². The van der Waals surface area contributed by atoms with Crippen molar-refractivity contribution in [1.82, 2.24) is 4.90 Å². The first-order valence-electron chi connectivity index (χ1n) is 3.36. The Morgan fingerprint density at radius 3 is 2.60 bits per heavy atom. The molecule has 10 heavy (non-hydrogen) atoms. The lowest BCUT2D eigenvalue weighted by molar-refractivity contribution is -0.234. The molecule has 4 nitrogen and oxygen atoms in total. The van der Waals surface area contributed by atoms with Gasteiger partial charge in [0.25, 0.3) is 5.91 Å². The van der Waals surface area contributed by atoms with Gasteiger partial charge in [-0.25, -0.2) is 4.90 Å². The molecule has 2 aliphatic rings. The molecule has 0 amide bonds. The van der Waals surface area contributed by atoms with Gasteiger partial charge in [0.15, 0.2) is 0 Å². The van der Waals surface area contributed by atoms with Crippen molar-refractivity contribution in [3.63, 3.8) is 0 Å². The first-order valence-corrected chi connectivity index (χ1v) is 3.36. The van der Waals surface area contributed by atoms with E-state index in [1.807, 2.05) is 0 Å². The maximum absolute atomic E-state index is 10.9. The number of Topliss-reactive ketones (excluding diaryl/α,β-unsaturated/α-hetero) is 1. The van der Waals surface area contributed by atoms with Crippen LogP contribution in [0.25, 0.3) is 0 Å². The zero-order valence-corrected chi connectivity index (χ0v) is 5.45. The van der Waals surface area contributed by atoms with E-state index in [9.17, 15) is 4.79 Å². The number of rotatable bonds is 0. The number of fused-ring (bicyclic) bond motifs is 2. The molecule has 2 aliphatic heterocycles. The van der Waals surface area contributed by atoms with Crippen LogP contribution in [0.5, 0.6) is 0 Å². The summed E-state index contributed by atoms with van der Waals surface area (Å²) in [6.45, 7) is 1.15. The number of hydrogen-bond donors (Lipinski definition) is 2. The quantitative estimate of drug-likeness (QED) is 0.406. The second-order valence-corrected chi connectivity index (χ2v) is 2.93. The predicted octanol–water partition coefficient (Wildman–Crippen LogP) is -1.47. The lowest BCUT2D eigenvalue weighted by Crippen LogP contribution is -2.50. The van der Waals surface area contributed by atoms with Crippen molar-refractivity contribution in [1.29, 1.82) is 0 Å². The van der Waals surface area contributed by atoms with Crippen molar-refractivity contribution in [2.45, 2.75) is 12.3 Å². The SMILES string of the molecule is O=C1C2CCN(C2)C1(O)O. The Labute approximate surface area is 58.1 Å². The Bertz CT molecular complexity index is 189. The third-order valence-electron chi connectivity index (χ3n) is 2.33. The topological polar surface area (TPSA) is 60.8 Å². The summed E-state index contributed by atoms with van der Waals surface area (Å²) in [6, 6.07) is 0. The molecule has 0 saturated carbocycles. The largest absolute Gasteiger partial charge is 0.347 e.